The van der Waals surface area contributed by atoms with Crippen LogP contribution in [0.5, 0.6) is 0 Å². The summed E-state index contributed by atoms with van der Waals surface area (Å²) in [5.74, 6) is -1.03. The summed E-state index contributed by atoms with van der Waals surface area (Å²) < 4.78 is 35.4. The minimum absolute atomic E-state index is 0.0130. The average molecular weight is 826 g/mol. The Balaban J connectivity index is 0.000000894. The summed E-state index contributed by atoms with van der Waals surface area (Å²) in [4.78, 5) is 39.7. The van der Waals surface area contributed by atoms with Crippen LogP contribution in [0, 0.1) is 24.7 Å². The molecule has 5 rings (SSSR count). The highest BCUT2D eigenvalue weighted by Gasteiger charge is 2.57. The lowest BCUT2D eigenvalue weighted by Crippen LogP contribution is -2.42. The Morgan fingerprint density at radius 3 is 2.53 bits per heavy atom. The molecule has 0 unspecified atom stereocenters. The molecule has 51 heavy (non-hydrogen) atoms. The minimum atomic E-state index is -0.905. The van der Waals surface area contributed by atoms with Gasteiger partial charge >= 0.3 is 17.9 Å². The second-order valence-electron chi connectivity index (χ2n) is 14.2. The van der Waals surface area contributed by atoms with Crippen molar-refractivity contribution in [2.75, 3.05) is 11.5 Å². The summed E-state index contributed by atoms with van der Waals surface area (Å²) in [5, 5.41) is 19.3. The van der Waals surface area contributed by atoms with Gasteiger partial charge in [0.05, 0.1) is 24.7 Å². The maximum absolute atomic E-state index is 13.4. The van der Waals surface area contributed by atoms with Gasteiger partial charge in [-0.2, -0.15) is 0 Å². The van der Waals surface area contributed by atoms with Crippen molar-refractivity contribution in [1.29, 1.82) is 0 Å². The van der Waals surface area contributed by atoms with Gasteiger partial charge in [-0.15, -0.1) is 0 Å². The Morgan fingerprint density at radius 1 is 1.18 bits per heavy atom. The number of carboxylic acids is 1. The van der Waals surface area contributed by atoms with Crippen LogP contribution in [0.4, 0.5) is 0 Å². The fraction of sp³-hybridized carbons (Fsp3) is 0.632. The Hall–Kier alpha value is -2.85. The largest absolute Gasteiger partial charge is 0.481 e. The zero-order chi connectivity index (χ0) is 37.5. The lowest BCUT2D eigenvalue weighted by Gasteiger charge is -2.33. The molecule has 1 aromatic heterocycles. The van der Waals surface area contributed by atoms with Crippen molar-refractivity contribution in [2.24, 2.45) is 17.8 Å². The Kier molecular flexibility index (Phi) is 14.7. The van der Waals surface area contributed by atoms with E-state index in [1.807, 2.05) is 93.7 Å². The summed E-state index contributed by atoms with van der Waals surface area (Å²) >= 11 is 2.02. The second-order valence-corrected chi connectivity index (χ2v) is 15.2. The molecule has 0 aromatic carbocycles. The quantitative estimate of drug-likeness (QED) is 0.0752. The van der Waals surface area contributed by atoms with Crippen molar-refractivity contribution in [1.82, 2.24) is 4.98 Å². The fourth-order valence-corrected chi connectivity index (χ4v) is 7.18. The topological polar surface area (TPSA) is 170 Å². The third-order valence-electron chi connectivity index (χ3n) is 9.94. The van der Waals surface area contributed by atoms with Gasteiger partial charge in [-0.3, -0.25) is 9.59 Å². The van der Waals surface area contributed by atoms with Gasteiger partial charge in [0.2, 0.25) is 0 Å². The Bertz CT molecular complexity index is 1500. The van der Waals surface area contributed by atoms with Crippen LogP contribution in [0.25, 0.3) is 6.08 Å². The van der Waals surface area contributed by atoms with Crippen molar-refractivity contribution < 1.29 is 52.7 Å². The minimum Gasteiger partial charge on any atom is -0.481 e. The molecule has 4 aliphatic rings. The van der Waals surface area contributed by atoms with Crippen LogP contribution in [0.15, 0.2) is 52.2 Å². The number of carboxylic acid groups (broad SMARTS) is 1. The van der Waals surface area contributed by atoms with E-state index >= 15 is 0 Å². The lowest BCUT2D eigenvalue weighted by molar-refractivity contribution is -0.159. The van der Waals surface area contributed by atoms with Gasteiger partial charge in [-0.05, 0) is 56.8 Å². The third-order valence-corrected chi connectivity index (χ3v) is 10.5. The molecule has 0 amide bonds. The molecule has 5 heterocycles. The SMILES string of the molecule is CO[C@@H](/C(C)=C/C=C/C(C)=C/c1coc(C)n1)[C@@H](C)[C@@H]1C[C@H](O)[C@@]2(C)O[C@@H]2/C=C/[C@@H](C)[C@H]2C[C@H](CC(=O)O2)C[C@@H]2O[C@H]2C(=O)O1.O=C(O)CCI. The smallest absolute Gasteiger partial charge is 0.338 e. The number of hydrogen-bond acceptors (Lipinski definition) is 11. The number of hydrogen-bond donors (Lipinski definition) is 2. The number of alkyl halides is 1. The van der Waals surface area contributed by atoms with E-state index in [0.717, 1.165) is 16.8 Å². The van der Waals surface area contributed by atoms with E-state index in [9.17, 15) is 19.5 Å². The highest BCUT2D eigenvalue weighted by molar-refractivity contribution is 14.1. The number of aryl methyl sites for hydroxylation is 1. The van der Waals surface area contributed by atoms with Crippen LogP contribution >= 0.6 is 22.6 Å². The predicted octanol–water partition coefficient (Wildman–Crippen LogP) is 5.94. The van der Waals surface area contributed by atoms with Gasteiger partial charge in [0.25, 0.3) is 0 Å². The van der Waals surface area contributed by atoms with Gasteiger partial charge in [0.1, 0.15) is 35.9 Å². The first-order valence-electron chi connectivity index (χ1n) is 17.5. The molecule has 13 heteroatoms. The molecule has 3 saturated heterocycles. The van der Waals surface area contributed by atoms with E-state index < -0.39 is 42.0 Å². The van der Waals surface area contributed by atoms with Crippen LogP contribution in [-0.4, -0.2) is 93.0 Å². The number of aliphatic hydroxyl groups excluding tert-OH is 1. The number of halogens is 1. The number of methoxy groups -OCH3 is 1. The Labute approximate surface area is 313 Å². The summed E-state index contributed by atoms with van der Waals surface area (Å²) in [6.45, 7) is 11.6. The monoisotopic (exact) mass is 825 g/mol. The second kappa shape index (κ2) is 18.3. The van der Waals surface area contributed by atoms with Gasteiger partial charge in [-0.1, -0.05) is 66.8 Å². The number of oxazole rings is 1. The lowest BCUT2D eigenvalue weighted by atomic mass is 9.84. The standard InChI is InChI=1S/C35H47NO9.C3H5IO2/c1-19(13-25-18-41-23(5)36-25)9-8-10-21(3)32(40-7)22(4)27-17-29(37)35(6)30(45-35)12-11-20(2)26-14-24(16-31(38)42-26)15-28-33(43-28)34(39)44-27;4-2-1-3(5)6/h8-13,18,20,22,24,26-30,32-33,37H,14-17H2,1-7H3;1-2H2,(H,5,6)/b9-8+,12-11+,19-13+,21-10+;/t20-,22+,24+,26-,27+,28+,29+,30-,32+,33-,35-;/m1./s1. The summed E-state index contributed by atoms with van der Waals surface area (Å²) in [6, 6.07) is 0. The Morgan fingerprint density at radius 2 is 1.90 bits per heavy atom. The maximum atomic E-state index is 13.4. The molecule has 11 atom stereocenters. The van der Waals surface area contributed by atoms with E-state index in [1.165, 1.54) is 0 Å². The van der Waals surface area contributed by atoms with E-state index in [1.54, 1.807) is 20.3 Å². The van der Waals surface area contributed by atoms with Crippen molar-refractivity contribution in [3.63, 3.8) is 0 Å². The van der Waals surface area contributed by atoms with Crippen LogP contribution in [0.1, 0.15) is 78.3 Å². The first-order chi connectivity index (χ1) is 24.1. The molecule has 4 aliphatic heterocycles. The van der Waals surface area contributed by atoms with Crippen LogP contribution in [-0.2, 0) is 38.1 Å². The molecule has 0 spiro atoms. The number of carbonyl (C=O) groups is 3. The molecule has 0 aliphatic carbocycles. The van der Waals surface area contributed by atoms with E-state index in [-0.39, 0.29) is 54.9 Å². The van der Waals surface area contributed by atoms with Gasteiger partial charge in [0, 0.05) is 43.1 Å². The van der Waals surface area contributed by atoms with Gasteiger partial charge in [0.15, 0.2) is 12.0 Å². The zero-order valence-electron chi connectivity index (χ0n) is 30.5. The van der Waals surface area contributed by atoms with Crippen molar-refractivity contribution in [3.8, 4) is 0 Å². The molecule has 0 radical (unpaired) electrons. The molecule has 2 bridgehead atoms. The fourth-order valence-electron chi connectivity index (χ4n) is 6.72. The molecular formula is C38H52INO11. The van der Waals surface area contributed by atoms with Crippen molar-refractivity contribution in [3.05, 3.63) is 59.4 Å². The number of epoxide rings is 2. The number of aromatic nitrogens is 1. The molecular weight excluding hydrogens is 773 g/mol. The van der Waals surface area contributed by atoms with Crippen molar-refractivity contribution >= 4 is 46.6 Å². The van der Waals surface area contributed by atoms with Gasteiger partial charge in [-0.25, -0.2) is 9.78 Å². The number of fused-ring (bicyclic) bond motifs is 4. The average Bonchev–Trinajstić information content (AvgIpc) is 3.94. The number of rotatable bonds is 9. The normalized spacial score (nSPS) is 34.5. The molecule has 282 valence electrons. The van der Waals surface area contributed by atoms with Crippen LogP contribution in [0.3, 0.4) is 0 Å². The number of carbonyl (C=O) groups excluding carboxylic acids is 2. The van der Waals surface area contributed by atoms with E-state index in [0.29, 0.717) is 29.6 Å². The number of allylic oxidation sites excluding steroid dienone is 4. The summed E-state index contributed by atoms with van der Waals surface area (Å²) in [6.07, 6.45) is 11.9. The summed E-state index contributed by atoms with van der Waals surface area (Å²) in [5.41, 5.74) is 1.86. The number of esters is 2. The number of ether oxygens (including phenoxy) is 5. The molecule has 1 aromatic rings. The first-order valence-corrected chi connectivity index (χ1v) is 19.0. The first kappa shape index (κ1) is 40.9. The molecule has 2 N–H and O–H groups in total. The predicted molar refractivity (Wildman–Crippen MR) is 197 cm³/mol. The summed E-state index contributed by atoms with van der Waals surface area (Å²) in [7, 11) is 1.63. The van der Waals surface area contributed by atoms with E-state index in [2.05, 4.69) is 4.98 Å². The van der Waals surface area contributed by atoms with Crippen LogP contribution in [0.2, 0.25) is 0 Å². The molecule has 3 fully saturated rings. The molecule has 12 nitrogen and oxygen atoms in total. The highest BCUT2D eigenvalue weighted by Crippen LogP contribution is 2.44. The number of cyclic esters (lactones) is 1. The van der Waals surface area contributed by atoms with E-state index in [4.69, 9.17) is 33.2 Å². The van der Waals surface area contributed by atoms with Crippen molar-refractivity contribution in [2.45, 2.75) is 122 Å². The number of aliphatic hydroxyl groups is 1. The number of nitrogens with zero attached hydrogens (tertiary/aromatic N) is 1. The van der Waals surface area contributed by atoms with Crippen LogP contribution < -0.4 is 0 Å². The number of aliphatic carboxylic acids is 1. The maximum Gasteiger partial charge on any atom is 0.338 e. The molecule has 0 saturated carbocycles. The zero-order valence-corrected chi connectivity index (χ0v) is 32.6. The van der Waals surface area contributed by atoms with Gasteiger partial charge < -0.3 is 38.3 Å². The highest BCUT2D eigenvalue weighted by atomic mass is 127. The third kappa shape index (κ3) is 11.6.